The summed E-state index contributed by atoms with van der Waals surface area (Å²) >= 11 is 0.354. The van der Waals surface area contributed by atoms with Gasteiger partial charge >= 0.3 is 0 Å². The first kappa shape index (κ1) is 15.2. The molecule has 0 bridgehead atoms. The first-order valence-electron chi connectivity index (χ1n) is 36.5. The van der Waals surface area contributed by atoms with Gasteiger partial charge in [-0.1, -0.05) is 175 Å². The van der Waals surface area contributed by atoms with Crippen LogP contribution in [-0.4, -0.2) is 0 Å². The molecule has 13 rings (SSSR count). The summed E-state index contributed by atoms with van der Waals surface area (Å²) in [6.07, 6.45) is 0. The second-order valence-electron chi connectivity index (χ2n) is 13.6. The highest BCUT2D eigenvalue weighted by molar-refractivity contribution is 7.99. The minimum atomic E-state index is -2.94. The molecule has 0 amide bonds. The van der Waals surface area contributed by atoms with E-state index in [2.05, 4.69) is 0 Å². The van der Waals surface area contributed by atoms with E-state index >= 15 is 0 Å². The molecule has 2 aliphatic rings. The van der Waals surface area contributed by atoms with Gasteiger partial charge in [0.15, 0.2) is 0 Å². The minimum Gasteiger partial charge on any atom is -0.457 e. The van der Waals surface area contributed by atoms with Gasteiger partial charge in [-0.2, -0.15) is 0 Å². The molecular formula is C59H37NO2S. The molecule has 1 spiro atoms. The first-order valence-corrected chi connectivity index (χ1v) is 19.3. The standard InChI is InChI=1S/C59H37NO2S/c1-2-14-38(15-3-1)39-28-33-42(34-29-39)60(51-23-12-16-41-32-37-46-45-17-4-8-24-52(45)62-57(46)56(41)51)43-35-30-40(31-36-43)44-18-13-22-50-58(44)63-55-27-11-7-21-49(55)59(50)47-19-5-9-25-53(47)61-54-26-10-6-20-48(54)59/h1-37H/i1D,2D,3D,4D,5D,6D,7D,8D,9D,10D,11D,12D,13D,14D,15D,16D,17D,18D,19D,20D,22D,23D,24D,25D,26D,27D,28D,29D,30D,31D,32D,33D,34D,35D,36D,37D. The highest BCUT2D eigenvalue weighted by Gasteiger charge is 2.49. The van der Waals surface area contributed by atoms with E-state index in [1.807, 2.05) is 0 Å². The van der Waals surface area contributed by atoms with Crippen molar-refractivity contribution < 1.29 is 58.5 Å². The lowest BCUT2D eigenvalue weighted by molar-refractivity contribution is 0.431. The Morgan fingerprint density at radius 1 is 0.460 bits per heavy atom. The van der Waals surface area contributed by atoms with Crippen LogP contribution in [0.15, 0.2) is 238 Å². The predicted octanol–water partition coefficient (Wildman–Crippen LogP) is 16.5. The predicted molar refractivity (Wildman–Crippen MR) is 259 cm³/mol. The van der Waals surface area contributed by atoms with Crippen molar-refractivity contribution in [3.63, 3.8) is 0 Å². The van der Waals surface area contributed by atoms with Gasteiger partial charge < -0.3 is 14.1 Å². The fraction of sp³-hybridized carbons (Fsp3) is 0.0169. The lowest BCUT2D eigenvalue weighted by Gasteiger charge is -2.45. The van der Waals surface area contributed by atoms with E-state index in [9.17, 15) is 28.8 Å². The van der Waals surface area contributed by atoms with Gasteiger partial charge in [-0.3, -0.25) is 0 Å². The van der Waals surface area contributed by atoms with Crippen LogP contribution in [0.1, 0.15) is 71.6 Å². The van der Waals surface area contributed by atoms with Crippen LogP contribution in [0.25, 0.3) is 55.0 Å². The van der Waals surface area contributed by atoms with Crippen molar-refractivity contribution in [1.29, 1.82) is 0 Å². The number of anilines is 3. The second kappa shape index (κ2) is 14.1. The second-order valence-corrected chi connectivity index (χ2v) is 14.6. The highest BCUT2D eigenvalue weighted by atomic mass is 32.2. The summed E-state index contributed by atoms with van der Waals surface area (Å²) in [5, 5.41) is -2.85. The Morgan fingerprint density at radius 2 is 1.10 bits per heavy atom. The third-order valence-corrected chi connectivity index (χ3v) is 11.5. The normalized spacial score (nSPS) is 21.3. The zero-order valence-electron chi connectivity index (χ0n) is 67.2. The third-order valence-electron chi connectivity index (χ3n) is 10.4. The summed E-state index contributed by atoms with van der Waals surface area (Å²) in [6, 6.07) is -37.4. The van der Waals surface area contributed by atoms with E-state index in [1.165, 1.54) is 0 Å². The molecule has 1 aromatic heterocycles. The number of ether oxygens (including phenoxy) is 1. The summed E-state index contributed by atoms with van der Waals surface area (Å²) in [4.78, 5) is -0.798. The first-order chi connectivity index (χ1) is 46.2. The summed E-state index contributed by atoms with van der Waals surface area (Å²) in [7, 11) is 0. The third kappa shape index (κ3) is 5.41. The van der Waals surface area contributed by atoms with Crippen molar-refractivity contribution in [3.8, 4) is 33.8 Å². The zero-order chi connectivity index (χ0) is 72.8. The molecule has 0 aliphatic carbocycles. The average molecular weight is 860 g/mol. The molecule has 0 saturated carbocycles. The molecule has 0 unspecified atom stereocenters. The van der Waals surface area contributed by atoms with Gasteiger partial charge in [-0.15, -0.1) is 0 Å². The van der Waals surface area contributed by atoms with Gasteiger partial charge in [-0.25, -0.2) is 0 Å². The van der Waals surface area contributed by atoms with Crippen molar-refractivity contribution in [2.75, 3.05) is 4.90 Å². The number of hydrogen-bond donors (Lipinski definition) is 0. The summed E-state index contributed by atoms with van der Waals surface area (Å²) < 4.78 is 346. The van der Waals surface area contributed by atoms with Crippen molar-refractivity contribution in [3.05, 3.63) is 246 Å². The molecule has 11 aromatic rings. The van der Waals surface area contributed by atoms with Crippen molar-refractivity contribution >= 4 is 61.5 Å². The summed E-state index contributed by atoms with van der Waals surface area (Å²) in [6.45, 7) is 0. The van der Waals surface area contributed by atoms with Crippen molar-refractivity contribution in [2.24, 2.45) is 0 Å². The minimum absolute atomic E-state index is 0.348. The molecule has 3 nitrogen and oxygen atoms in total. The fourth-order valence-electron chi connectivity index (χ4n) is 7.81. The number of hydrogen-bond acceptors (Lipinski definition) is 4. The Balaban J connectivity index is 1.24. The van der Waals surface area contributed by atoms with Crippen molar-refractivity contribution in [2.45, 2.75) is 15.2 Å². The van der Waals surface area contributed by atoms with Crippen LogP contribution < -0.4 is 9.64 Å². The van der Waals surface area contributed by atoms with Crippen LogP contribution in [0.5, 0.6) is 11.5 Å². The molecule has 63 heavy (non-hydrogen) atoms. The van der Waals surface area contributed by atoms with E-state index in [0.717, 1.165) is 6.07 Å². The Morgan fingerprint density at radius 3 is 1.87 bits per heavy atom. The molecule has 0 N–H and O–H groups in total. The Hall–Kier alpha value is -7.79. The SMILES string of the molecule is [2H]c1cc2c(c([2H])c1[2H])Sc1c(-c3c([2H])c([2H])c(N(c4c([2H])c([2H])c(-c5c([2H])c([2H])c([2H])c([2H])c5[2H])c([2H])c4[2H])c4c([2H])c([2H])c([2H])c5c([2H])c([2H])c6c(oc7c([2H])c([2H])c([2H])c([2H])c76)c45)c([2H])c3[2H])c([2H])c([2H])c([2H])c1C21c2c([2H])c([2H])c([2H])c([2H])c2Oc2c([2H])c([2H])c([2H])c([2H])c21. The lowest BCUT2D eigenvalue weighted by atomic mass is 9.63. The van der Waals surface area contributed by atoms with Crippen LogP contribution in [0, 0.1) is 0 Å². The number of benzene rings is 10. The van der Waals surface area contributed by atoms with E-state index < -0.39 is 339 Å². The van der Waals surface area contributed by atoms with Crippen LogP contribution in [0.3, 0.4) is 0 Å². The van der Waals surface area contributed by atoms with E-state index in [1.54, 1.807) is 0 Å². The maximum atomic E-state index is 10.2. The Labute approximate surface area is 420 Å². The molecule has 4 heteroatoms. The molecule has 10 aromatic carbocycles. The maximum Gasteiger partial charge on any atom is 0.145 e. The van der Waals surface area contributed by atoms with E-state index in [0.29, 0.717) is 16.7 Å². The number of fused-ring (bicyclic) bond motifs is 13. The lowest BCUT2D eigenvalue weighted by Crippen LogP contribution is -2.36. The maximum absolute atomic E-state index is 10.2. The Bertz CT molecular complexity index is 5570. The monoisotopic (exact) mass is 859 g/mol. The molecule has 0 radical (unpaired) electrons. The van der Waals surface area contributed by atoms with Gasteiger partial charge in [0.2, 0.25) is 0 Å². The smallest absolute Gasteiger partial charge is 0.145 e. The highest BCUT2D eigenvalue weighted by Crippen LogP contribution is 2.62. The average Bonchev–Trinajstić information content (AvgIpc) is 1.11. The van der Waals surface area contributed by atoms with E-state index in [-0.39, 0.29) is 0 Å². The van der Waals surface area contributed by atoms with E-state index in [4.69, 9.17) is 29.7 Å². The van der Waals surface area contributed by atoms with Crippen LogP contribution in [0.4, 0.5) is 17.1 Å². The van der Waals surface area contributed by atoms with Gasteiger partial charge in [0.05, 0.1) is 60.4 Å². The molecule has 0 fully saturated rings. The molecular weight excluding hydrogens is 787 g/mol. The molecule has 0 atom stereocenters. The number of rotatable bonds is 5. The molecule has 0 saturated heterocycles. The molecule has 2 aliphatic heterocycles. The van der Waals surface area contributed by atoms with Crippen LogP contribution in [-0.2, 0) is 5.41 Å². The number of furan rings is 1. The zero-order valence-corrected chi connectivity index (χ0v) is 32.1. The summed E-state index contributed by atoms with van der Waals surface area (Å²) in [5.41, 5.74) is -14.6. The Kier molecular flexibility index (Phi) is 3.42. The fourth-order valence-corrected chi connectivity index (χ4v) is 9.00. The topological polar surface area (TPSA) is 25.6 Å². The number of para-hydroxylation sites is 3. The van der Waals surface area contributed by atoms with Crippen LogP contribution >= 0.6 is 11.8 Å². The van der Waals surface area contributed by atoms with Gasteiger partial charge in [-0.05, 0) is 99.2 Å². The van der Waals surface area contributed by atoms with Gasteiger partial charge in [0, 0.05) is 48.5 Å². The van der Waals surface area contributed by atoms with Gasteiger partial charge in [0.1, 0.15) is 22.7 Å². The molecule has 3 heterocycles. The molecule has 296 valence electrons. The summed E-state index contributed by atoms with van der Waals surface area (Å²) in [5.74, 6) is -1.70. The van der Waals surface area contributed by atoms with Crippen molar-refractivity contribution in [1.82, 2.24) is 0 Å². The number of nitrogens with zero attached hydrogens (tertiary/aromatic N) is 1. The van der Waals surface area contributed by atoms with Crippen LogP contribution in [0.2, 0.25) is 0 Å². The largest absolute Gasteiger partial charge is 0.457 e. The quantitative estimate of drug-likeness (QED) is 0.172. The van der Waals surface area contributed by atoms with Gasteiger partial charge in [0.25, 0.3) is 0 Å².